The molecule has 2 rings (SSSR count). The number of aromatic nitrogens is 1. The molecule has 0 radical (unpaired) electrons. The minimum atomic E-state index is -0.449. The van der Waals surface area contributed by atoms with Gasteiger partial charge < -0.3 is 15.0 Å². The first-order chi connectivity index (χ1) is 12.4. The molecule has 0 spiro atoms. The number of nitrogens with two attached hydrogens (primary N) is 1. The van der Waals surface area contributed by atoms with Crippen LogP contribution in [0.3, 0.4) is 0 Å². The lowest BCUT2D eigenvalue weighted by Crippen LogP contribution is -2.13. The molecule has 0 saturated carbocycles. The number of rotatable bonds is 8. The van der Waals surface area contributed by atoms with Gasteiger partial charge in [0.25, 0.3) is 5.91 Å². The summed E-state index contributed by atoms with van der Waals surface area (Å²) in [7, 11) is 1.38. The van der Waals surface area contributed by atoms with Gasteiger partial charge in [0, 0.05) is 28.0 Å². The summed E-state index contributed by atoms with van der Waals surface area (Å²) >= 11 is 3.44. The number of nitrogens with zero attached hydrogens (tertiary/aromatic N) is 1. The van der Waals surface area contributed by atoms with Crippen LogP contribution in [-0.2, 0) is 22.5 Å². The van der Waals surface area contributed by atoms with Crippen molar-refractivity contribution in [3.63, 3.8) is 0 Å². The Labute approximate surface area is 162 Å². The van der Waals surface area contributed by atoms with Crippen LogP contribution >= 0.6 is 15.9 Å². The Morgan fingerprint density at radius 1 is 1.23 bits per heavy atom. The Bertz CT molecular complexity index is 794. The maximum absolute atomic E-state index is 12.2. The van der Waals surface area contributed by atoms with E-state index in [2.05, 4.69) is 27.4 Å². The fraction of sp³-hybridized carbons (Fsp3) is 0.400. The van der Waals surface area contributed by atoms with Crippen molar-refractivity contribution in [2.24, 2.45) is 5.73 Å². The number of benzene rings is 1. The number of esters is 1. The largest absolute Gasteiger partial charge is 0.469 e. The lowest BCUT2D eigenvalue weighted by atomic mass is 9.98. The summed E-state index contributed by atoms with van der Waals surface area (Å²) in [6.45, 7) is 4.83. The molecule has 0 bridgehead atoms. The van der Waals surface area contributed by atoms with Crippen molar-refractivity contribution in [3.05, 3.63) is 45.7 Å². The zero-order valence-electron chi connectivity index (χ0n) is 15.5. The van der Waals surface area contributed by atoms with Crippen LogP contribution in [0.4, 0.5) is 0 Å². The van der Waals surface area contributed by atoms with Gasteiger partial charge in [-0.2, -0.15) is 0 Å². The van der Waals surface area contributed by atoms with E-state index in [1.54, 1.807) is 0 Å². The van der Waals surface area contributed by atoms with Crippen molar-refractivity contribution in [3.8, 4) is 11.1 Å². The van der Waals surface area contributed by atoms with Crippen LogP contribution in [0.15, 0.2) is 28.7 Å². The van der Waals surface area contributed by atoms with Crippen LogP contribution < -0.4 is 5.73 Å². The first-order valence-corrected chi connectivity index (χ1v) is 9.54. The van der Waals surface area contributed by atoms with Crippen LogP contribution in [0.2, 0.25) is 0 Å². The summed E-state index contributed by atoms with van der Waals surface area (Å²) in [5, 5.41) is 0. The smallest absolute Gasteiger partial charge is 0.305 e. The minimum Gasteiger partial charge on any atom is -0.469 e. The average Bonchev–Trinajstić information content (AvgIpc) is 2.90. The molecule has 0 aliphatic rings. The molecule has 1 aromatic heterocycles. The minimum absolute atomic E-state index is 0.258. The molecule has 0 saturated heterocycles. The van der Waals surface area contributed by atoms with E-state index in [1.807, 2.05) is 31.2 Å². The fourth-order valence-electron chi connectivity index (χ4n) is 3.23. The van der Waals surface area contributed by atoms with Gasteiger partial charge in [0.2, 0.25) is 0 Å². The number of primary amides is 1. The Balaban J connectivity index is 2.65. The van der Waals surface area contributed by atoms with E-state index in [1.165, 1.54) is 7.11 Å². The van der Waals surface area contributed by atoms with Crippen molar-refractivity contribution < 1.29 is 14.3 Å². The predicted molar refractivity (Wildman–Crippen MR) is 106 cm³/mol. The van der Waals surface area contributed by atoms with Gasteiger partial charge in [0.1, 0.15) is 0 Å². The summed E-state index contributed by atoms with van der Waals surface area (Å²) in [5.74, 6) is -0.719. The Kier molecular flexibility index (Phi) is 7.03. The molecule has 1 aromatic carbocycles. The Hall–Kier alpha value is -2.08. The third kappa shape index (κ3) is 4.36. The molecule has 1 heterocycles. The Morgan fingerprint density at radius 2 is 1.88 bits per heavy atom. The number of halogens is 1. The van der Waals surface area contributed by atoms with Gasteiger partial charge in [-0.15, -0.1) is 0 Å². The van der Waals surface area contributed by atoms with Crippen molar-refractivity contribution in [2.75, 3.05) is 7.11 Å². The highest BCUT2D eigenvalue weighted by molar-refractivity contribution is 9.10. The zero-order valence-corrected chi connectivity index (χ0v) is 17.1. The lowest BCUT2D eigenvalue weighted by molar-refractivity contribution is -0.140. The monoisotopic (exact) mass is 420 g/mol. The fourth-order valence-corrected chi connectivity index (χ4v) is 3.49. The molecule has 0 aliphatic carbocycles. The van der Waals surface area contributed by atoms with E-state index >= 15 is 0 Å². The second-order valence-corrected chi connectivity index (χ2v) is 7.15. The highest BCUT2D eigenvalue weighted by Crippen LogP contribution is 2.34. The highest BCUT2D eigenvalue weighted by atomic mass is 79.9. The number of unbranched alkanes of at least 4 members (excludes halogenated alkanes) is 1. The van der Waals surface area contributed by atoms with Crippen LogP contribution in [0.5, 0.6) is 0 Å². The van der Waals surface area contributed by atoms with Crippen LogP contribution in [-0.4, -0.2) is 23.6 Å². The normalized spacial score (nSPS) is 10.8. The summed E-state index contributed by atoms with van der Waals surface area (Å²) in [6, 6.07) is 7.78. The van der Waals surface area contributed by atoms with Gasteiger partial charge in [0.15, 0.2) is 0 Å². The molecule has 26 heavy (non-hydrogen) atoms. The van der Waals surface area contributed by atoms with E-state index in [-0.39, 0.29) is 12.4 Å². The molecular weight excluding hydrogens is 396 g/mol. The zero-order chi connectivity index (χ0) is 19.3. The van der Waals surface area contributed by atoms with E-state index in [0.717, 1.165) is 46.4 Å². The number of hydrogen-bond acceptors (Lipinski definition) is 3. The summed E-state index contributed by atoms with van der Waals surface area (Å²) in [6.07, 6.45) is 2.77. The van der Waals surface area contributed by atoms with E-state index < -0.39 is 5.91 Å². The summed E-state index contributed by atoms with van der Waals surface area (Å²) in [5.41, 5.74) is 9.80. The third-order valence-corrected chi connectivity index (χ3v) is 5.07. The summed E-state index contributed by atoms with van der Waals surface area (Å²) < 4.78 is 7.88. The van der Waals surface area contributed by atoms with Gasteiger partial charge in [-0.3, -0.25) is 9.59 Å². The van der Waals surface area contributed by atoms with Gasteiger partial charge in [-0.25, -0.2) is 0 Å². The lowest BCUT2D eigenvalue weighted by Gasteiger charge is -2.13. The topological polar surface area (TPSA) is 74.3 Å². The number of methoxy groups -OCH3 is 1. The maximum atomic E-state index is 12.2. The quantitative estimate of drug-likeness (QED) is 0.649. The second kappa shape index (κ2) is 9.03. The predicted octanol–water partition coefficient (Wildman–Crippen LogP) is 4.23. The van der Waals surface area contributed by atoms with Gasteiger partial charge >= 0.3 is 5.97 Å². The number of hydrogen-bond donors (Lipinski definition) is 1. The Morgan fingerprint density at radius 3 is 2.42 bits per heavy atom. The molecule has 0 unspecified atom stereocenters. The molecule has 1 amide bonds. The van der Waals surface area contributed by atoms with Crippen LogP contribution in [0.25, 0.3) is 11.1 Å². The molecule has 0 atom stereocenters. The van der Waals surface area contributed by atoms with E-state index in [9.17, 15) is 9.59 Å². The molecule has 140 valence electrons. The maximum Gasteiger partial charge on any atom is 0.305 e. The van der Waals surface area contributed by atoms with Gasteiger partial charge in [-0.1, -0.05) is 41.4 Å². The third-order valence-electron chi connectivity index (χ3n) is 4.54. The summed E-state index contributed by atoms with van der Waals surface area (Å²) in [4.78, 5) is 23.9. The van der Waals surface area contributed by atoms with Crippen molar-refractivity contribution in [1.82, 2.24) is 4.57 Å². The SMILES string of the molecule is CCCCn1c(C)c(C(N)=O)c(-c2ccc(Br)cc2)c1CCC(=O)OC. The number of carbonyl (C=O) groups is 2. The second-order valence-electron chi connectivity index (χ2n) is 6.23. The number of amides is 1. The average molecular weight is 421 g/mol. The number of carbonyl (C=O) groups excluding carboxylic acids is 2. The van der Waals surface area contributed by atoms with Crippen LogP contribution in [0.1, 0.15) is 47.9 Å². The molecule has 0 aliphatic heterocycles. The molecule has 5 nitrogen and oxygen atoms in total. The number of ether oxygens (including phenoxy) is 1. The van der Waals surface area contributed by atoms with Crippen molar-refractivity contribution >= 4 is 27.8 Å². The van der Waals surface area contributed by atoms with Gasteiger partial charge in [-0.05, 0) is 37.5 Å². The molecule has 2 aromatic rings. The van der Waals surface area contributed by atoms with Gasteiger partial charge in [0.05, 0.1) is 19.1 Å². The van der Waals surface area contributed by atoms with E-state index in [4.69, 9.17) is 10.5 Å². The van der Waals surface area contributed by atoms with E-state index in [0.29, 0.717) is 12.0 Å². The molecule has 0 fully saturated rings. The standard InChI is InChI=1S/C20H25BrN2O3/c1-4-5-12-23-13(2)18(20(22)25)19(14-6-8-15(21)9-7-14)16(23)10-11-17(24)26-3/h6-9H,4-5,10-12H2,1-3H3,(H2,22,25). The highest BCUT2D eigenvalue weighted by Gasteiger charge is 2.25. The molecular formula is C20H25BrN2O3. The first-order valence-electron chi connectivity index (χ1n) is 8.75. The van der Waals surface area contributed by atoms with Crippen LogP contribution in [0, 0.1) is 6.92 Å². The van der Waals surface area contributed by atoms with Crippen molar-refractivity contribution in [2.45, 2.75) is 46.1 Å². The van der Waals surface area contributed by atoms with Crippen molar-refractivity contribution in [1.29, 1.82) is 0 Å². The molecule has 2 N–H and O–H groups in total. The first kappa shape index (κ1) is 20.2. The molecule has 6 heteroatoms.